The number of pyridine rings is 1. The topological polar surface area (TPSA) is 67.7 Å². The molecule has 0 bridgehead atoms. The van der Waals surface area contributed by atoms with Gasteiger partial charge in [0.1, 0.15) is 0 Å². The number of fused-ring (bicyclic) bond motifs is 1. The average Bonchev–Trinajstić information content (AvgIpc) is 2.97. The predicted octanol–water partition coefficient (Wildman–Crippen LogP) is 4.23. The number of rotatable bonds is 5. The van der Waals surface area contributed by atoms with E-state index in [1.165, 1.54) is 7.11 Å². The lowest BCUT2D eigenvalue weighted by atomic mass is 10.1. The summed E-state index contributed by atoms with van der Waals surface area (Å²) in [5.74, 6) is 2.71. The van der Waals surface area contributed by atoms with Crippen LogP contribution >= 0.6 is 0 Å². The highest BCUT2D eigenvalue weighted by molar-refractivity contribution is 5.86. The largest absolute Gasteiger partial charge is 0.453 e. The number of anilines is 2. The fourth-order valence-corrected chi connectivity index (χ4v) is 3.28. The number of terminal acetylenes is 1. The number of benzene rings is 1. The van der Waals surface area contributed by atoms with E-state index in [9.17, 15) is 4.79 Å². The molecule has 2 N–H and O–H groups in total. The zero-order chi connectivity index (χ0) is 20.3. The number of hydrogen-bond donors (Lipinski definition) is 2. The third-order valence-corrected chi connectivity index (χ3v) is 4.71. The first kappa shape index (κ1) is 19.3. The molecule has 28 heavy (non-hydrogen) atoms. The molecule has 0 unspecified atom stereocenters. The second-order valence-corrected chi connectivity index (χ2v) is 6.72. The third-order valence-electron chi connectivity index (χ3n) is 4.71. The van der Waals surface area contributed by atoms with E-state index in [1.54, 1.807) is 0 Å². The van der Waals surface area contributed by atoms with E-state index in [4.69, 9.17) is 16.1 Å². The van der Waals surface area contributed by atoms with Crippen LogP contribution in [0.2, 0.25) is 0 Å². The molecule has 144 valence electrons. The fraction of sp³-hybridized carbons (Fsp3) is 0.273. The highest BCUT2D eigenvalue weighted by Gasteiger charge is 2.14. The Hall–Kier alpha value is -3.46. The molecule has 0 saturated carbocycles. The molecule has 0 spiro atoms. The van der Waals surface area contributed by atoms with Crippen LogP contribution in [-0.2, 0) is 17.7 Å². The summed E-state index contributed by atoms with van der Waals surface area (Å²) < 4.78 is 6.78. The lowest BCUT2D eigenvalue weighted by molar-refractivity contribution is 0.187. The number of carbonyl (C=O) groups excluding carboxylic acids is 1. The van der Waals surface area contributed by atoms with E-state index in [1.807, 2.05) is 45.2 Å². The minimum Gasteiger partial charge on any atom is -0.453 e. The van der Waals surface area contributed by atoms with E-state index in [2.05, 4.69) is 27.0 Å². The number of hydrogen-bond acceptors (Lipinski definition) is 4. The number of aryl methyl sites for hydroxylation is 3. The van der Waals surface area contributed by atoms with Crippen LogP contribution in [0.3, 0.4) is 0 Å². The molecule has 3 aromatic rings. The quantitative estimate of drug-likeness (QED) is 0.654. The Kier molecular flexibility index (Phi) is 5.55. The summed E-state index contributed by atoms with van der Waals surface area (Å²) in [5.41, 5.74) is 7.57. The number of nitrogens with one attached hydrogen (secondary N) is 2. The van der Waals surface area contributed by atoms with Crippen molar-refractivity contribution < 1.29 is 9.53 Å². The SMILES string of the molecule is C#CCc1c(C)nc2c(NCc3c(C)cccc3NC(=O)OC)cc(C)cn12. The van der Waals surface area contributed by atoms with Gasteiger partial charge in [0, 0.05) is 18.4 Å². The maximum absolute atomic E-state index is 11.7. The van der Waals surface area contributed by atoms with Gasteiger partial charge in [-0.05, 0) is 49.6 Å². The van der Waals surface area contributed by atoms with Crippen LogP contribution in [0, 0.1) is 33.1 Å². The summed E-state index contributed by atoms with van der Waals surface area (Å²) in [6, 6.07) is 7.83. The Morgan fingerprint density at radius 2 is 2.07 bits per heavy atom. The van der Waals surface area contributed by atoms with Crippen LogP contribution in [0.4, 0.5) is 16.2 Å². The molecular weight excluding hydrogens is 352 g/mol. The average molecular weight is 376 g/mol. The summed E-state index contributed by atoms with van der Waals surface area (Å²) in [5, 5.41) is 6.24. The first-order chi connectivity index (χ1) is 13.4. The summed E-state index contributed by atoms with van der Waals surface area (Å²) in [6.45, 7) is 6.55. The number of nitrogens with zero attached hydrogens (tertiary/aromatic N) is 2. The molecule has 0 aliphatic rings. The Morgan fingerprint density at radius 1 is 1.29 bits per heavy atom. The van der Waals surface area contributed by atoms with Gasteiger partial charge in [0.25, 0.3) is 0 Å². The van der Waals surface area contributed by atoms with Crippen molar-refractivity contribution in [3.05, 3.63) is 58.5 Å². The van der Waals surface area contributed by atoms with Gasteiger partial charge in [-0.15, -0.1) is 12.3 Å². The Morgan fingerprint density at radius 3 is 2.79 bits per heavy atom. The van der Waals surface area contributed by atoms with E-state index in [0.29, 0.717) is 13.0 Å². The lowest BCUT2D eigenvalue weighted by Crippen LogP contribution is -2.14. The van der Waals surface area contributed by atoms with E-state index in [-0.39, 0.29) is 0 Å². The Bertz CT molecular complexity index is 1080. The molecule has 6 heteroatoms. The first-order valence-electron chi connectivity index (χ1n) is 9.03. The summed E-state index contributed by atoms with van der Waals surface area (Å²) in [4.78, 5) is 16.4. The van der Waals surface area contributed by atoms with Crippen molar-refractivity contribution >= 4 is 23.1 Å². The van der Waals surface area contributed by atoms with Crippen molar-refractivity contribution in [2.75, 3.05) is 17.7 Å². The van der Waals surface area contributed by atoms with Gasteiger partial charge in [-0.3, -0.25) is 5.32 Å². The molecule has 0 aliphatic carbocycles. The van der Waals surface area contributed by atoms with E-state index >= 15 is 0 Å². The molecule has 0 saturated heterocycles. The monoisotopic (exact) mass is 376 g/mol. The van der Waals surface area contributed by atoms with Crippen LogP contribution < -0.4 is 10.6 Å². The normalized spacial score (nSPS) is 10.5. The van der Waals surface area contributed by atoms with Gasteiger partial charge < -0.3 is 14.5 Å². The van der Waals surface area contributed by atoms with Crippen LogP contribution in [0.15, 0.2) is 30.5 Å². The minimum atomic E-state index is -0.493. The van der Waals surface area contributed by atoms with Crippen molar-refractivity contribution in [1.29, 1.82) is 0 Å². The Balaban J connectivity index is 1.96. The van der Waals surface area contributed by atoms with Crippen molar-refractivity contribution in [3.8, 4) is 12.3 Å². The maximum atomic E-state index is 11.7. The van der Waals surface area contributed by atoms with Crippen LogP contribution in [0.1, 0.15) is 28.1 Å². The van der Waals surface area contributed by atoms with Crippen molar-refractivity contribution in [2.24, 2.45) is 0 Å². The molecule has 1 amide bonds. The van der Waals surface area contributed by atoms with Gasteiger partial charge in [-0.1, -0.05) is 12.1 Å². The zero-order valence-corrected chi connectivity index (χ0v) is 16.6. The molecule has 0 fully saturated rings. The highest BCUT2D eigenvalue weighted by Crippen LogP contribution is 2.25. The summed E-state index contributed by atoms with van der Waals surface area (Å²) in [6.07, 6.45) is 7.61. The summed E-state index contributed by atoms with van der Waals surface area (Å²) in [7, 11) is 1.35. The maximum Gasteiger partial charge on any atom is 0.411 e. The number of aromatic nitrogens is 2. The fourth-order valence-electron chi connectivity index (χ4n) is 3.28. The van der Waals surface area contributed by atoms with E-state index < -0.39 is 6.09 Å². The molecule has 2 aromatic heterocycles. The highest BCUT2D eigenvalue weighted by atomic mass is 16.5. The molecule has 6 nitrogen and oxygen atoms in total. The zero-order valence-electron chi connectivity index (χ0n) is 16.6. The van der Waals surface area contributed by atoms with Gasteiger partial charge in [0.15, 0.2) is 5.65 Å². The summed E-state index contributed by atoms with van der Waals surface area (Å²) >= 11 is 0. The predicted molar refractivity (Wildman–Crippen MR) is 112 cm³/mol. The number of ether oxygens (including phenoxy) is 1. The first-order valence-corrected chi connectivity index (χ1v) is 9.03. The molecule has 0 aliphatic heterocycles. The van der Waals surface area contributed by atoms with Gasteiger partial charge in [0.05, 0.1) is 30.6 Å². The van der Waals surface area contributed by atoms with Crippen molar-refractivity contribution in [2.45, 2.75) is 33.7 Å². The molecule has 3 rings (SSSR count). The number of methoxy groups -OCH3 is 1. The smallest absolute Gasteiger partial charge is 0.411 e. The standard InChI is InChI=1S/C22H24N4O2/c1-6-8-20-16(4)24-21-19(11-14(2)13-26(20)21)23-12-17-15(3)9-7-10-18(17)25-22(27)28-5/h1,7,9-11,13,23H,8,12H2,2-5H3,(H,25,27). The third kappa shape index (κ3) is 3.79. The van der Waals surface area contributed by atoms with Crippen molar-refractivity contribution in [1.82, 2.24) is 9.38 Å². The molecule has 0 radical (unpaired) electrons. The van der Waals surface area contributed by atoms with Gasteiger partial charge >= 0.3 is 6.09 Å². The van der Waals surface area contributed by atoms with Crippen LogP contribution in [-0.4, -0.2) is 22.6 Å². The second kappa shape index (κ2) is 8.05. The molecular formula is C22H24N4O2. The van der Waals surface area contributed by atoms with Crippen LogP contribution in [0.5, 0.6) is 0 Å². The number of amides is 1. The van der Waals surface area contributed by atoms with Crippen molar-refractivity contribution in [3.63, 3.8) is 0 Å². The number of carbonyl (C=O) groups is 1. The lowest BCUT2D eigenvalue weighted by Gasteiger charge is -2.15. The van der Waals surface area contributed by atoms with Crippen LogP contribution in [0.25, 0.3) is 5.65 Å². The molecule has 2 heterocycles. The van der Waals surface area contributed by atoms with Gasteiger partial charge in [-0.25, -0.2) is 9.78 Å². The molecule has 0 atom stereocenters. The number of imidazole rings is 1. The van der Waals surface area contributed by atoms with Gasteiger partial charge in [0.2, 0.25) is 0 Å². The minimum absolute atomic E-state index is 0.493. The second-order valence-electron chi connectivity index (χ2n) is 6.72. The van der Waals surface area contributed by atoms with E-state index in [0.717, 1.165) is 45.1 Å². The molecule has 1 aromatic carbocycles. The Labute approximate surface area is 164 Å². The van der Waals surface area contributed by atoms with Gasteiger partial charge in [-0.2, -0.15) is 0 Å².